The summed E-state index contributed by atoms with van der Waals surface area (Å²) in [7, 11) is 0. The molecule has 3 heterocycles. The summed E-state index contributed by atoms with van der Waals surface area (Å²) in [4.78, 5) is 12.9. The smallest absolute Gasteiger partial charge is 0.310 e. The van der Waals surface area contributed by atoms with E-state index in [-0.39, 0.29) is 34.9 Å². The monoisotopic (exact) mass is 463 g/mol. The number of hydrogen-bond donors (Lipinski definition) is 1. The summed E-state index contributed by atoms with van der Waals surface area (Å²) in [6.45, 7) is 6.95. The minimum Gasteiger partial charge on any atom is -0.469 e. The van der Waals surface area contributed by atoms with Crippen LogP contribution in [0, 0.1) is 30.1 Å². The zero-order chi connectivity index (χ0) is 23.3. The molecule has 7 atom stereocenters. The summed E-state index contributed by atoms with van der Waals surface area (Å²) in [5.41, 5.74) is 2.88. The molecule has 182 valence electrons. The van der Waals surface area contributed by atoms with Gasteiger partial charge in [-0.15, -0.1) is 0 Å². The Hall–Kier alpha value is -2.11. The third-order valence-corrected chi connectivity index (χ3v) is 9.42. The van der Waals surface area contributed by atoms with Crippen molar-refractivity contribution in [2.45, 2.75) is 70.0 Å². The Morgan fingerprint density at radius 3 is 2.74 bits per heavy atom. The van der Waals surface area contributed by atoms with Crippen molar-refractivity contribution in [2.75, 3.05) is 19.7 Å². The summed E-state index contributed by atoms with van der Waals surface area (Å²) in [5, 5.41) is 3.61. The Morgan fingerprint density at radius 1 is 1.18 bits per heavy atom. The summed E-state index contributed by atoms with van der Waals surface area (Å²) in [5.74, 6) is 2.03. The van der Waals surface area contributed by atoms with Crippen LogP contribution in [-0.2, 0) is 14.3 Å². The van der Waals surface area contributed by atoms with E-state index in [1.165, 1.54) is 30.4 Å². The second-order valence-corrected chi connectivity index (χ2v) is 11.6. The van der Waals surface area contributed by atoms with Gasteiger partial charge >= 0.3 is 5.97 Å². The van der Waals surface area contributed by atoms with Crippen LogP contribution in [0.4, 0.5) is 0 Å². The van der Waals surface area contributed by atoms with Crippen LogP contribution in [0.1, 0.15) is 68.3 Å². The van der Waals surface area contributed by atoms with Crippen LogP contribution in [0.2, 0.25) is 0 Å². The van der Waals surface area contributed by atoms with Crippen molar-refractivity contribution >= 4 is 5.97 Å². The largest absolute Gasteiger partial charge is 0.469 e. The van der Waals surface area contributed by atoms with Crippen molar-refractivity contribution in [3.8, 4) is 0 Å². The molecule has 1 spiro atoms. The molecule has 6 rings (SSSR count). The second-order valence-electron chi connectivity index (χ2n) is 11.6. The van der Waals surface area contributed by atoms with Crippen molar-refractivity contribution in [1.82, 2.24) is 5.32 Å². The molecule has 5 nitrogen and oxygen atoms in total. The van der Waals surface area contributed by atoms with Gasteiger partial charge in [-0.2, -0.15) is 0 Å². The normalized spacial score (nSPS) is 37.2. The molecule has 2 aliphatic heterocycles. The highest BCUT2D eigenvalue weighted by atomic mass is 16.6. The fourth-order valence-corrected chi connectivity index (χ4v) is 7.46. The average molecular weight is 464 g/mol. The van der Waals surface area contributed by atoms with Gasteiger partial charge in [0, 0.05) is 18.4 Å². The molecule has 0 amide bonds. The van der Waals surface area contributed by atoms with E-state index >= 15 is 0 Å². The summed E-state index contributed by atoms with van der Waals surface area (Å²) >= 11 is 0. The van der Waals surface area contributed by atoms with Crippen molar-refractivity contribution < 1.29 is 18.7 Å². The first-order valence-corrected chi connectivity index (χ1v) is 13.1. The highest BCUT2D eigenvalue weighted by Gasteiger charge is 2.64. The number of carbonyl (C=O) groups excluding carboxylic acids is 1. The van der Waals surface area contributed by atoms with Gasteiger partial charge in [0.25, 0.3) is 0 Å². The third-order valence-electron chi connectivity index (χ3n) is 9.42. The lowest BCUT2D eigenvalue weighted by Crippen LogP contribution is -2.51. The van der Waals surface area contributed by atoms with Crippen LogP contribution < -0.4 is 5.32 Å². The first kappa shape index (κ1) is 22.4. The highest BCUT2D eigenvalue weighted by molar-refractivity contribution is 5.75. The minimum absolute atomic E-state index is 0.00312. The van der Waals surface area contributed by atoms with Gasteiger partial charge in [0.2, 0.25) is 0 Å². The molecule has 2 aromatic rings. The van der Waals surface area contributed by atoms with Crippen molar-refractivity contribution in [3.05, 3.63) is 59.5 Å². The van der Waals surface area contributed by atoms with Gasteiger partial charge in [-0.1, -0.05) is 36.8 Å². The Bertz CT molecular complexity index is 1010. The summed E-state index contributed by atoms with van der Waals surface area (Å²) in [6.07, 6.45) is 8.48. The standard InChI is InChI=1S/C29H37NO4/c1-19-6-8-20(9-7-19)21(24-5-3-14-32-24)10-13-30-17-23-22-15-26-28(2,16-25(22)34-27(23)31)11-4-12-29(26)18-33-29/h3,5-9,14,21-23,25-26,30H,4,10-13,15-18H2,1-2H3. The quantitative estimate of drug-likeness (QED) is 0.346. The predicted octanol–water partition coefficient (Wildman–Crippen LogP) is 5.23. The van der Waals surface area contributed by atoms with E-state index in [2.05, 4.69) is 49.5 Å². The van der Waals surface area contributed by atoms with Gasteiger partial charge in [-0.3, -0.25) is 4.79 Å². The number of benzene rings is 1. The molecule has 1 aromatic heterocycles. The molecule has 4 fully saturated rings. The fourth-order valence-electron chi connectivity index (χ4n) is 7.46. The molecule has 5 heteroatoms. The maximum absolute atomic E-state index is 12.9. The van der Waals surface area contributed by atoms with E-state index in [9.17, 15) is 4.79 Å². The number of epoxide rings is 1. The maximum Gasteiger partial charge on any atom is 0.310 e. The molecule has 2 aliphatic carbocycles. The van der Waals surface area contributed by atoms with Gasteiger partial charge in [0.05, 0.1) is 24.4 Å². The van der Waals surface area contributed by atoms with E-state index in [0.29, 0.717) is 18.4 Å². The highest BCUT2D eigenvalue weighted by Crippen LogP contribution is 2.62. The van der Waals surface area contributed by atoms with Gasteiger partial charge in [0.1, 0.15) is 11.9 Å². The van der Waals surface area contributed by atoms with Crippen molar-refractivity contribution in [1.29, 1.82) is 0 Å². The second kappa shape index (κ2) is 8.53. The minimum atomic E-state index is -0.0475. The number of furan rings is 1. The van der Waals surface area contributed by atoms with Crippen molar-refractivity contribution in [2.24, 2.45) is 23.2 Å². The average Bonchev–Trinajstić information content (AvgIpc) is 3.24. The van der Waals surface area contributed by atoms with E-state index in [0.717, 1.165) is 38.2 Å². The van der Waals surface area contributed by atoms with Gasteiger partial charge in [0.15, 0.2) is 0 Å². The number of esters is 1. The first-order valence-electron chi connectivity index (χ1n) is 13.1. The molecule has 4 aliphatic rings. The Morgan fingerprint density at radius 2 is 2.00 bits per heavy atom. The molecule has 1 N–H and O–H groups in total. The molecule has 2 saturated carbocycles. The lowest BCUT2D eigenvalue weighted by molar-refractivity contribution is -0.147. The van der Waals surface area contributed by atoms with E-state index in [4.69, 9.17) is 13.9 Å². The van der Waals surface area contributed by atoms with Crippen LogP contribution >= 0.6 is 0 Å². The molecular weight excluding hydrogens is 426 g/mol. The number of aryl methyl sites for hydroxylation is 1. The third kappa shape index (κ3) is 3.91. The Balaban J connectivity index is 1.09. The van der Waals surface area contributed by atoms with Crippen LogP contribution in [0.5, 0.6) is 0 Å². The topological polar surface area (TPSA) is 64.0 Å². The zero-order valence-corrected chi connectivity index (χ0v) is 20.4. The fraction of sp³-hybridized carbons (Fsp3) is 0.621. The number of rotatable bonds is 7. The number of ether oxygens (including phenoxy) is 2. The summed E-state index contributed by atoms with van der Waals surface area (Å²) < 4.78 is 17.8. The van der Waals surface area contributed by atoms with Crippen LogP contribution in [0.3, 0.4) is 0 Å². The number of carbonyl (C=O) groups is 1. The number of fused-ring (bicyclic) bond motifs is 3. The predicted molar refractivity (Wildman–Crippen MR) is 129 cm³/mol. The van der Waals surface area contributed by atoms with E-state index in [1.54, 1.807) is 6.26 Å². The van der Waals surface area contributed by atoms with Gasteiger partial charge in [-0.05, 0) is 81.0 Å². The van der Waals surface area contributed by atoms with Gasteiger partial charge < -0.3 is 19.2 Å². The molecule has 34 heavy (non-hydrogen) atoms. The molecule has 1 aromatic carbocycles. The SMILES string of the molecule is Cc1ccc(C(CCNCC2C(=O)OC3CC4(C)CCCC5(CO5)C4CC32)c2ccco2)cc1. The molecule has 7 unspecified atom stereocenters. The first-order chi connectivity index (χ1) is 16.5. The molecule has 0 radical (unpaired) electrons. The number of nitrogens with one attached hydrogen (secondary N) is 1. The lowest BCUT2D eigenvalue weighted by atomic mass is 9.53. The van der Waals surface area contributed by atoms with Crippen molar-refractivity contribution in [3.63, 3.8) is 0 Å². The van der Waals surface area contributed by atoms with Crippen LogP contribution in [0.25, 0.3) is 0 Å². The molecule has 2 saturated heterocycles. The van der Waals surface area contributed by atoms with Crippen LogP contribution in [-0.4, -0.2) is 37.4 Å². The summed E-state index contributed by atoms with van der Waals surface area (Å²) in [6, 6.07) is 12.7. The molecule has 0 bridgehead atoms. The van der Waals surface area contributed by atoms with Gasteiger partial charge in [-0.25, -0.2) is 0 Å². The lowest BCUT2D eigenvalue weighted by Gasteiger charge is -2.51. The number of hydrogen-bond acceptors (Lipinski definition) is 5. The zero-order valence-electron chi connectivity index (χ0n) is 20.4. The Labute approximate surface area is 202 Å². The van der Waals surface area contributed by atoms with Crippen LogP contribution in [0.15, 0.2) is 47.1 Å². The van der Waals surface area contributed by atoms with E-state index < -0.39 is 0 Å². The molecular formula is C29H37NO4. The van der Waals surface area contributed by atoms with E-state index in [1.807, 2.05) is 6.07 Å². The Kier molecular flexibility index (Phi) is 5.61. The maximum atomic E-state index is 12.9.